The number of ether oxygens (including phenoxy) is 2. The van der Waals surface area contributed by atoms with Crippen molar-refractivity contribution in [2.24, 2.45) is 11.0 Å². The highest BCUT2D eigenvalue weighted by molar-refractivity contribution is 6.46. The third kappa shape index (κ3) is 1.30. The van der Waals surface area contributed by atoms with Crippen LogP contribution in [0.1, 0.15) is 6.92 Å². The van der Waals surface area contributed by atoms with Gasteiger partial charge in [-0.25, -0.2) is 0 Å². The number of fused-ring (bicyclic) bond motifs is 3. The Labute approximate surface area is 106 Å². The second-order valence-electron chi connectivity index (χ2n) is 4.93. The van der Waals surface area contributed by atoms with Crippen LogP contribution < -0.4 is 5.43 Å². The van der Waals surface area contributed by atoms with E-state index in [1.807, 2.05) is 18.9 Å². The van der Waals surface area contributed by atoms with E-state index in [1.54, 1.807) is 13.2 Å². The van der Waals surface area contributed by atoms with Crippen LogP contribution in [0.2, 0.25) is 0 Å². The number of hydrogen-bond donors (Lipinski definition) is 1. The van der Waals surface area contributed by atoms with E-state index in [1.165, 1.54) is 0 Å². The van der Waals surface area contributed by atoms with Crippen molar-refractivity contribution in [2.45, 2.75) is 18.8 Å². The van der Waals surface area contributed by atoms with Crippen molar-refractivity contribution in [1.29, 1.82) is 0 Å². The highest BCUT2D eigenvalue weighted by atomic mass is 16.7. The molecular formula is C12H17N3O3. The molecule has 0 aromatic carbocycles. The summed E-state index contributed by atoms with van der Waals surface area (Å²) in [6, 6.07) is 0.0131. The van der Waals surface area contributed by atoms with E-state index >= 15 is 0 Å². The molecule has 2 heterocycles. The smallest absolute Gasteiger partial charge is 0.220 e. The molecule has 6 nitrogen and oxygen atoms in total. The van der Waals surface area contributed by atoms with E-state index in [9.17, 15) is 4.79 Å². The Morgan fingerprint density at radius 3 is 3.17 bits per heavy atom. The largest absolute Gasteiger partial charge is 0.371 e. The molecule has 0 unspecified atom stereocenters. The lowest BCUT2D eigenvalue weighted by Crippen LogP contribution is -2.61. The number of morpholine rings is 1. The van der Waals surface area contributed by atoms with Crippen molar-refractivity contribution in [3.8, 4) is 0 Å². The highest BCUT2D eigenvalue weighted by Crippen LogP contribution is 2.42. The molecule has 0 amide bonds. The van der Waals surface area contributed by atoms with Crippen LogP contribution in [-0.2, 0) is 14.3 Å². The lowest BCUT2D eigenvalue weighted by Gasteiger charge is -2.48. The second kappa shape index (κ2) is 3.80. The predicted molar refractivity (Wildman–Crippen MR) is 64.9 cm³/mol. The number of likely N-dealkylation sites (N-methyl/N-ethyl adjacent to an activating group) is 1. The minimum Gasteiger partial charge on any atom is -0.371 e. The number of carbonyl (C=O) groups is 1. The van der Waals surface area contributed by atoms with Gasteiger partial charge in [0.25, 0.3) is 0 Å². The number of ketones is 1. The van der Waals surface area contributed by atoms with Gasteiger partial charge in [0.15, 0.2) is 0 Å². The highest BCUT2D eigenvalue weighted by Gasteiger charge is 2.57. The van der Waals surface area contributed by atoms with Crippen LogP contribution >= 0.6 is 0 Å². The quantitative estimate of drug-likeness (QED) is 0.694. The zero-order valence-electron chi connectivity index (χ0n) is 10.8. The van der Waals surface area contributed by atoms with Crippen LogP contribution in [0.4, 0.5) is 0 Å². The molecule has 3 rings (SSSR count). The zero-order valence-corrected chi connectivity index (χ0v) is 10.8. The Balaban J connectivity index is 2.15. The molecule has 0 aromatic rings. The zero-order chi connectivity index (χ0) is 12.9. The number of allylic oxidation sites excluding steroid dienone is 1. The molecule has 2 aliphatic heterocycles. The molecule has 1 saturated heterocycles. The molecule has 98 valence electrons. The number of methoxy groups -OCH3 is 1. The normalized spacial score (nSPS) is 38.6. The number of rotatable bonds is 1. The first-order chi connectivity index (χ1) is 8.60. The minimum atomic E-state index is -0.886. The molecule has 0 aromatic heterocycles. The first-order valence-electron chi connectivity index (χ1n) is 6.10. The van der Waals surface area contributed by atoms with Crippen molar-refractivity contribution in [2.75, 3.05) is 27.3 Å². The maximum absolute atomic E-state index is 12.1. The Morgan fingerprint density at radius 1 is 1.67 bits per heavy atom. The lowest BCUT2D eigenvalue weighted by atomic mass is 9.79. The van der Waals surface area contributed by atoms with E-state index in [0.29, 0.717) is 12.3 Å². The van der Waals surface area contributed by atoms with E-state index in [4.69, 9.17) is 9.47 Å². The average Bonchev–Trinajstić information content (AvgIpc) is 2.75. The van der Waals surface area contributed by atoms with Gasteiger partial charge in [-0.05, 0) is 6.92 Å². The molecular weight excluding hydrogens is 234 g/mol. The monoisotopic (exact) mass is 251 g/mol. The first kappa shape index (κ1) is 11.7. The summed E-state index contributed by atoms with van der Waals surface area (Å²) < 4.78 is 11.6. The van der Waals surface area contributed by atoms with E-state index in [2.05, 4.69) is 10.5 Å². The maximum Gasteiger partial charge on any atom is 0.220 e. The molecule has 18 heavy (non-hydrogen) atoms. The molecule has 1 N–H and O–H groups in total. The van der Waals surface area contributed by atoms with Crippen LogP contribution in [-0.4, -0.2) is 55.5 Å². The molecule has 1 aliphatic carbocycles. The van der Waals surface area contributed by atoms with Crippen molar-refractivity contribution >= 4 is 11.5 Å². The van der Waals surface area contributed by atoms with Gasteiger partial charge in [-0.2, -0.15) is 5.10 Å². The number of hydrogen-bond acceptors (Lipinski definition) is 6. The molecule has 0 radical (unpaired) electrons. The van der Waals surface area contributed by atoms with Gasteiger partial charge in [0, 0.05) is 26.8 Å². The molecule has 1 fully saturated rings. The fraction of sp³-hybridized carbons (Fsp3) is 0.667. The van der Waals surface area contributed by atoms with Gasteiger partial charge in [-0.1, -0.05) is 0 Å². The molecule has 0 saturated carbocycles. The number of nitrogens with one attached hydrogen (secondary N) is 1. The summed E-state index contributed by atoms with van der Waals surface area (Å²) in [5.74, 6) is -1.14. The third-order valence-corrected chi connectivity index (χ3v) is 3.93. The van der Waals surface area contributed by atoms with Crippen LogP contribution in [0.25, 0.3) is 0 Å². The Bertz CT molecular complexity index is 459. The first-order valence-corrected chi connectivity index (χ1v) is 6.10. The molecule has 0 bridgehead atoms. The topological polar surface area (TPSA) is 63.2 Å². The van der Waals surface area contributed by atoms with Crippen LogP contribution in [0.3, 0.4) is 0 Å². The fourth-order valence-electron chi connectivity index (χ4n) is 3.01. The van der Waals surface area contributed by atoms with Crippen LogP contribution in [0.15, 0.2) is 16.9 Å². The van der Waals surface area contributed by atoms with Crippen molar-refractivity contribution < 1.29 is 14.3 Å². The second-order valence-corrected chi connectivity index (χ2v) is 4.93. The molecule has 3 aliphatic rings. The maximum atomic E-state index is 12.1. The Hall–Kier alpha value is -1.40. The SMILES string of the molecule is CO[C@]12OCCN(C)C1=CC(=O)C1=NN[C@@H](C)[C@H]12. The fourth-order valence-corrected chi connectivity index (χ4v) is 3.01. The van der Waals surface area contributed by atoms with Crippen LogP contribution in [0.5, 0.6) is 0 Å². The van der Waals surface area contributed by atoms with E-state index in [-0.39, 0.29) is 17.7 Å². The van der Waals surface area contributed by atoms with Gasteiger partial charge < -0.3 is 19.8 Å². The molecule has 3 atom stereocenters. The Morgan fingerprint density at radius 2 is 2.44 bits per heavy atom. The summed E-state index contributed by atoms with van der Waals surface area (Å²) in [7, 11) is 3.57. The van der Waals surface area contributed by atoms with Crippen molar-refractivity contribution in [3.05, 3.63) is 11.8 Å². The van der Waals surface area contributed by atoms with Crippen LogP contribution in [0, 0.1) is 5.92 Å². The summed E-state index contributed by atoms with van der Waals surface area (Å²) in [5.41, 5.74) is 4.25. The summed E-state index contributed by atoms with van der Waals surface area (Å²) in [6.07, 6.45) is 1.58. The van der Waals surface area contributed by atoms with E-state index in [0.717, 1.165) is 12.2 Å². The minimum absolute atomic E-state index is 0.0131. The summed E-state index contributed by atoms with van der Waals surface area (Å²) in [5, 5.41) is 4.12. The summed E-state index contributed by atoms with van der Waals surface area (Å²) >= 11 is 0. The van der Waals surface area contributed by atoms with Gasteiger partial charge in [-0.15, -0.1) is 0 Å². The average molecular weight is 251 g/mol. The molecule has 6 heteroatoms. The van der Waals surface area contributed by atoms with Gasteiger partial charge in [0.1, 0.15) is 5.71 Å². The number of nitrogens with zero attached hydrogens (tertiary/aromatic N) is 2. The van der Waals surface area contributed by atoms with Gasteiger partial charge in [0.2, 0.25) is 11.6 Å². The van der Waals surface area contributed by atoms with Gasteiger partial charge in [0.05, 0.1) is 24.3 Å². The third-order valence-electron chi connectivity index (χ3n) is 3.93. The van der Waals surface area contributed by atoms with E-state index < -0.39 is 5.79 Å². The summed E-state index contributed by atoms with van der Waals surface area (Å²) in [6.45, 7) is 3.31. The Kier molecular flexibility index (Phi) is 2.46. The number of hydrazone groups is 1. The van der Waals surface area contributed by atoms with Gasteiger partial charge >= 0.3 is 0 Å². The van der Waals surface area contributed by atoms with Crippen molar-refractivity contribution in [3.63, 3.8) is 0 Å². The predicted octanol–water partition coefficient (Wildman–Crippen LogP) is -0.278. The number of carbonyl (C=O) groups excluding carboxylic acids is 1. The van der Waals surface area contributed by atoms with Crippen molar-refractivity contribution in [1.82, 2.24) is 10.3 Å². The molecule has 0 spiro atoms. The van der Waals surface area contributed by atoms with Gasteiger partial charge in [-0.3, -0.25) is 4.79 Å². The standard InChI is InChI=1S/C12H17N3O3/c1-7-10-11(14-13-7)8(16)6-9-12(10,17-3)18-5-4-15(9)2/h6-7,10,13H,4-5H2,1-3H3/t7-,10+,12-/m0/s1. The summed E-state index contributed by atoms with van der Waals surface area (Å²) in [4.78, 5) is 14.1. The lowest BCUT2D eigenvalue weighted by molar-refractivity contribution is -0.245.